The first kappa shape index (κ1) is 9.96. The molecule has 0 spiro atoms. The predicted octanol–water partition coefficient (Wildman–Crippen LogP) is 1.74. The maximum absolute atomic E-state index is 10.2. The lowest BCUT2D eigenvalue weighted by Gasteiger charge is -2.16. The SMILES string of the molecule is CC1(C)OCC(CCCC[O])O1. The maximum atomic E-state index is 10.2. The third-order valence-corrected chi connectivity index (χ3v) is 1.99. The van der Waals surface area contributed by atoms with Crippen molar-refractivity contribution in [2.24, 2.45) is 0 Å². The van der Waals surface area contributed by atoms with E-state index < -0.39 is 5.79 Å². The van der Waals surface area contributed by atoms with Crippen LogP contribution in [-0.2, 0) is 14.6 Å². The van der Waals surface area contributed by atoms with Crippen LogP contribution in [0.5, 0.6) is 0 Å². The van der Waals surface area contributed by atoms with Gasteiger partial charge in [0.25, 0.3) is 0 Å². The highest BCUT2D eigenvalue weighted by molar-refractivity contribution is 4.70. The Morgan fingerprint density at radius 3 is 2.67 bits per heavy atom. The lowest BCUT2D eigenvalue weighted by atomic mass is 10.2. The summed E-state index contributed by atoms with van der Waals surface area (Å²) >= 11 is 0. The van der Waals surface area contributed by atoms with E-state index >= 15 is 0 Å². The summed E-state index contributed by atoms with van der Waals surface area (Å²) in [6, 6.07) is 0. The molecule has 0 N–H and O–H groups in total. The molecule has 1 aliphatic rings. The molecule has 0 aromatic rings. The Morgan fingerprint density at radius 1 is 1.42 bits per heavy atom. The van der Waals surface area contributed by atoms with Crippen molar-refractivity contribution in [3.63, 3.8) is 0 Å². The van der Waals surface area contributed by atoms with E-state index in [1.54, 1.807) is 0 Å². The van der Waals surface area contributed by atoms with Crippen LogP contribution < -0.4 is 0 Å². The smallest absolute Gasteiger partial charge is 0.163 e. The van der Waals surface area contributed by atoms with E-state index in [0.29, 0.717) is 6.61 Å². The second kappa shape index (κ2) is 4.21. The van der Waals surface area contributed by atoms with Gasteiger partial charge in [-0.1, -0.05) is 0 Å². The molecule has 3 heteroatoms. The molecule has 12 heavy (non-hydrogen) atoms. The molecule has 0 bridgehead atoms. The average Bonchev–Trinajstić information content (AvgIpc) is 2.31. The zero-order valence-electron chi connectivity index (χ0n) is 7.84. The molecule has 0 aliphatic carbocycles. The van der Waals surface area contributed by atoms with Gasteiger partial charge in [0.1, 0.15) is 0 Å². The van der Waals surface area contributed by atoms with Gasteiger partial charge in [0, 0.05) is 0 Å². The Kier molecular flexibility index (Phi) is 3.50. The van der Waals surface area contributed by atoms with Gasteiger partial charge in [-0.15, -0.1) is 0 Å². The monoisotopic (exact) mass is 173 g/mol. The fourth-order valence-electron chi connectivity index (χ4n) is 1.38. The summed E-state index contributed by atoms with van der Waals surface area (Å²) in [5.74, 6) is -0.415. The van der Waals surface area contributed by atoms with Crippen LogP contribution in [0.3, 0.4) is 0 Å². The molecule has 1 rings (SSSR count). The fourth-order valence-corrected chi connectivity index (χ4v) is 1.38. The summed E-state index contributed by atoms with van der Waals surface area (Å²) in [6.07, 6.45) is 2.85. The Hall–Kier alpha value is -0.120. The van der Waals surface area contributed by atoms with Gasteiger partial charge < -0.3 is 9.47 Å². The second-order valence-electron chi connectivity index (χ2n) is 3.65. The summed E-state index contributed by atoms with van der Waals surface area (Å²) in [5, 5.41) is 10.2. The van der Waals surface area contributed by atoms with Crippen LogP contribution in [0.4, 0.5) is 0 Å². The van der Waals surface area contributed by atoms with Crippen LogP contribution in [0.2, 0.25) is 0 Å². The van der Waals surface area contributed by atoms with Gasteiger partial charge in [0.2, 0.25) is 0 Å². The molecule has 3 nitrogen and oxygen atoms in total. The lowest BCUT2D eigenvalue weighted by molar-refractivity contribution is -0.139. The molecule has 1 atom stereocenters. The van der Waals surface area contributed by atoms with E-state index in [9.17, 15) is 5.11 Å². The van der Waals surface area contributed by atoms with E-state index in [1.807, 2.05) is 13.8 Å². The van der Waals surface area contributed by atoms with Crippen molar-refractivity contribution in [2.75, 3.05) is 13.2 Å². The lowest BCUT2D eigenvalue weighted by Crippen LogP contribution is -2.21. The molecular weight excluding hydrogens is 156 g/mol. The molecule has 0 saturated carbocycles. The van der Waals surface area contributed by atoms with Gasteiger partial charge in [0.05, 0.1) is 19.3 Å². The van der Waals surface area contributed by atoms with Gasteiger partial charge in [-0.3, -0.25) is 0 Å². The molecule has 1 radical (unpaired) electrons. The zero-order valence-corrected chi connectivity index (χ0v) is 7.84. The second-order valence-corrected chi connectivity index (χ2v) is 3.65. The predicted molar refractivity (Wildman–Crippen MR) is 44.3 cm³/mol. The number of unbranched alkanes of at least 4 members (excludes halogenated alkanes) is 1. The molecule has 71 valence electrons. The van der Waals surface area contributed by atoms with Crippen LogP contribution in [-0.4, -0.2) is 25.1 Å². The van der Waals surface area contributed by atoms with Gasteiger partial charge in [-0.25, -0.2) is 5.11 Å². The normalized spacial score (nSPS) is 27.8. The van der Waals surface area contributed by atoms with Crippen molar-refractivity contribution in [1.29, 1.82) is 0 Å². The molecule has 0 aromatic carbocycles. The standard InChI is InChI=1S/C9H17O3/c1-9(2)11-7-8(12-9)5-3-4-6-10/h8H,3-7H2,1-2H3. The molecule has 0 aromatic heterocycles. The number of ether oxygens (including phenoxy) is 2. The Balaban J connectivity index is 2.11. The van der Waals surface area contributed by atoms with E-state index in [1.165, 1.54) is 0 Å². The first-order valence-corrected chi connectivity index (χ1v) is 4.54. The van der Waals surface area contributed by atoms with Crippen molar-refractivity contribution >= 4 is 0 Å². The highest BCUT2D eigenvalue weighted by Crippen LogP contribution is 2.24. The zero-order chi connectivity index (χ0) is 9.03. The van der Waals surface area contributed by atoms with Crippen LogP contribution in [0.15, 0.2) is 0 Å². The first-order valence-electron chi connectivity index (χ1n) is 4.54. The highest BCUT2D eigenvalue weighted by Gasteiger charge is 2.31. The maximum Gasteiger partial charge on any atom is 0.163 e. The Bertz CT molecular complexity index is 134. The van der Waals surface area contributed by atoms with E-state index in [2.05, 4.69) is 0 Å². The fraction of sp³-hybridized carbons (Fsp3) is 1.00. The summed E-state index contributed by atoms with van der Waals surface area (Å²) in [6.45, 7) is 4.53. The topological polar surface area (TPSA) is 38.4 Å². The van der Waals surface area contributed by atoms with Gasteiger partial charge in [-0.05, 0) is 33.1 Å². The van der Waals surface area contributed by atoms with Crippen molar-refractivity contribution < 1.29 is 14.6 Å². The van der Waals surface area contributed by atoms with E-state index in [-0.39, 0.29) is 12.7 Å². The van der Waals surface area contributed by atoms with E-state index in [4.69, 9.17) is 9.47 Å². The highest BCUT2D eigenvalue weighted by atomic mass is 16.7. The quantitative estimate of drug-likeness (QED) is 0.607. The van der Waals surface area contributed by atoms with E-state index in [0.717, 1.165) is 19.3 Å². The molecule has 0 amide bonds. The largest absolute Gasteiger partial charge is 0.348 e. The minimum Gasteiger partial charge on any atom is -0.348 e. The third-order valence-electron chi connectivity index (χ3n) is 1.99. The number of hydrogen-bond acceptors (Lipinski definition) is 2. The molecular formula is C9H17O3. The molecule has 1 aliphatic heterocycles. The van der Waals surface area contributed by atoms with Crippen molar-refractivity contribution in [2.45, 2.75) is 45.0 Å². The minimum absolute atomic E-state index is 0.0248. The summed E-state index contributed by atoms with van der Waals surface area (Å²) in [4.78, 5) is 0. The van der Waals surface area contributed by atoms with Crippen LogP contribution in [0.25, 0.3) is 0 Å². The van der Waals surface area contributed by atoms with Gasteiger partial charge >= 0.3 is 0 Å². The molecule has 1 saturated heterocycles. The average molecular weight is 173 g/mol. The molecule has 1 heterocycles. The Labute approximate surface area is 73.7 Å². The third kappa shape index (κ3) is 3.09. The first-order chi connectivity index (χ1) is 5.64. The van der Waals surface area contributed by atoms with Crippen molar-refractivity contribution in [3.05, 3.63) is 0 Å². The molecule has 1 unspecified atom stereocenters. The number of rotatable bonds is 4. The van der Waals surface area contributed by atoms with Crippen molar-refractivity contribution in [3.8, 4) is 0 Å². The minimum atomic E-state index is -0.415. The van der Waals surface area contributed by atoms with Crippen molar-refractivity contribution in [1.82, 2.24) is 0 Å². The Morgan fingerprint density at radius 2 is 2.17 bits per heavy atom. The van der Waals surface area contributed by atoms with Crippen LogP contribution in [0, 0.1) is 0 Å². The molecule has 1 fully saturated rings. The van der Waals surface area contributed by atoms with Crippen LogP contribution in [0.1, 0.15) is 33.1 Å². The van der Waals surface area contributed by atoms with Crippen LogP contribution >= 0.6 is 0 Å². The summed E-state index contributed by atoms with van der Waals surface area (Å²) in [7, 11) is 0. The van der Waals surface area contributed by atoms with Gasteiger partial charge in [0.15, 0.2) is 5.79 Å². The number of hydrogen-bond donors (Lipinski definition) is 0. The summed E-state index contributed by atoms with van der Waals surface area (Å²) < 4.78 is 11.0. The van der Waals surface area contributed by atoms with Gasteiger partial charge in [-0.2, -0.15) is 0 Å². The summed E-state index contributed by atoms with van der Waals surface area (Å²) in [5.41, 5.74) is 0.